The number of carboxylic acid groups (broad SMARTS) is 1. The second-order valence-corrected chi connectivity index (χ2v) is 14.4. The Morgan fingerprint density at radius 1 is 0.621 bits per heavy atom. The molecular weight excluding hydrogens is 753 g/mol. The number of alkyl halides is 3. The Bertz CT molecular complexity index is 2040. The molecule has 0 saturated heterocycles. The number of anilines is 1. The summed E-state index contributed by atoms with van der Waals surface area (Å²) in [6.07, 6.45) is -4.81. The molecule has 2 bridgehead atoms. The van der Waals surface area contributed by atoms with Gasteiger partial charge in [-0.15, -0.1) is 0 Å². The predicted octanol–water partition coefficient (Wildman–Crippen LogP) is 5.60. The Kier molecular flexibility index (Phi) is 14.9. The fourth-order valence-electron chi connectivity index (χ4n) is 6.70. The van der Waals surface area contributed by atoms with Crippen LogP contribution >= 0.6 is 0 Å². The Morgan fingerprint density at radius 2 is 1.17 bits per heavy atom. The lowest BCUT2D eigenvalue weighted by atomic mass is 9.90. The third-order valence-electron chi connectivity index (χ3n) is 9.89. The van der Waals surface area contributed by atoms with Crippen LogP contribution in [-0.4, -0.2) is 58.6 Å². The van der Waals surface area contributed by atoms with Gasteiger partial charge in [-0.1, -0.05) is 84.9 Å². The first-order chi connectivity index (χ1) is 27.7. The van der Waals surface area contributed by atoms with E-state index in [0.717, 1.165) is 17.7 Å². The Labute approximate surface area is 333 Å². The van der Waals surface area contributed by atoms with Crippen LogP contribution in [0.5, 0.6) is 0 Å². The standard InChI is InChI=1S/C44H45F3N4O7/c45-44(46,47)33-18-14-31(15-19-33)26-37-42(56)50-36(25-29-10-5-2-6-11-29)38(52)27-32(43(57)58)24-30-16-20-34(21-17-30)48-39(53)22-23-40(54)49-35(41(55)51-37)13-7-12-28-8-3-1-4-9-28/h1-6,8-11,14-21,32,35-37H,7,12-13,22-27H2,(H,48,53)(H,49,54)(H,50,56)(H,51,55)(H,57,58)/t32-,35-,36-,37+/m1/s1. The van der Waals surface area contributed by atoms with Crippen molar-refractivity contribution < 1.29 is 47.0 Å². The molecule has 4 amide bonds. The fraction of sp³-hybridized carbons (Fsp3) is 0.318. The number of hydrogen-bond acceptors (Lipinski definition) is 6. The number of aryl methyl sites for hydroxylation is 1. The van der Waals surface area contributed by atoms with Gasteiger partial charge in [-0.05, 0) is 78.6 Å². The van der Waals surface area contributed by atoms with Crippen LogP contribution in [0.3, 0.4) is 0 Å². The van der Waals surface area contributed by atoms with Crippen molar-refractivity contribution in [3.8, 4) is 0 Å². The van der Waals surface area contributed by atoms with Crippen molar-refractivity contribution in [1.82, 2.24) is 16.0 Å². The summed E-state index contributed by atoms with van der Waals surface area (Å²) in [5.41, 5.74) is 1.97. The maximum atomic E-state index is 14.2. The highest BCUT2D eigenvalue weighted by molar-refractivity contribution is 5.97. The highest BCUT2D eigenvalue weighted by Gasteiger charge is 2.33. The molecule has 0 fully saturated rings. The molecule has 58 heavy (non-hydrogen) atoms. The van der Waals surface area contributed by atoms with Crippen LogP contribution in [0.2, 0.25) is 0 Å². The van der Waals surface area contributed by atoms with E-state index in [1.165, 1.54) is 12.1 Å². The third-order valence-corrected chi connectivity index (χ3v) is 9.89. The minimum Gasteiger partial charge on any atom is -0.481 e. The van der Waals surface area contributed by atoms with Gasteiger partial charge in [-0.3, -0.25) is 28.8 Å². The van der Waals surface area contributed by atoms with Gasteiger partial charge in [-0.25, -0.2) is 0 Å². The van der Waals surface area contributed by atoms with Gasteiger partial charge in [-0.2, -0.15) is 13.2 Å². The zero-order valence-electron chi connectivity index (χ0n) is 31.6. The number of benzene rings is 4. The number of aliphatic carboxylic acids is 1. The molecule has 11 nitrogen and oxygen atoms in total. The highest BCUT2D eigenvalue weighted by atomic mass is 19.4. The Morgan fingerprint density at radius 3 is 1.79 bits per heavy atom. The summed E-state index contributed by atoms with van der Waals surface area (Å²) >= 11 is 0. The first kappa shape index (κ1) is 42.8. The summed E-state index contributed by atoms with van der Waals surface area (Å²) in [5, 5.41) is 20.9. The molecule has 2 aliphatic heterocycles. The fourth-order valence-corrected chi connectivity index (χ4v) is 6.70. The second kappa shape index (κ2) is 20.2. The number of carbonyl (C=O) groups excluding carboxylic acids is 5. The molecular formula is C44H45F3N4O7. The maximum absolute atomic E-state index is 14.2. The van der Waals surface area contributed by atoms with E-state index in [2.05, 4.69) is 21.3 Å². The lowest BCUT2D eigenvalue weighted by Crippen LogP contribution is -2.56. The first-order valence-corrected chi connectivity index (χ1v) is 19.0. The summed E-state index contributed by atoms with van der Waals surface area (Å²) in [4.78, 5) is 80.8. The SMILES string of the molecule is O=C1CCC(=O)N[C@H](CCCc2ccccc2)C(=O)N[C@@H](Cc2ccc(C(F)(F)F)cc2)C(=O)N[C@H](Cc2ccccc2)C(=O)C[C@H](C(=O)O)Cc2ccc(cc2)N1. The lowest BCUT2D eigenvalue weighted by molar-refractivity contribution is -0.144. The molecule has 0 radical (unpaired) electrons. The second-order valence-electron chi connectivity index (χ2n) is 14.4. The van der Waals surface area contributed by atoms with Crippen molar-refractivity contribution in [2.45, 2.75) is 82.1 Å². The van der Waals surface area contributed by atoms with Crippen molar-refractivity contribution in [3.63, 3.8) is 0 Å². The maximum Gasteiger partial charge on any atom is 0.416 e. The summed E-state index contributed by atoms with van der Waals surface area (Å²) in [7, 11) is 0. The third kappa shape index (κ3) is 13.1. The minimum atomic E-state index is -4.62. The van der Waals surface area contributed by atoms with Gasteiger partial charge < -0.3 is 26.4 Å². The number of halogens is 3. The van der Waals surface area contributed by atoms with E-state index in [1.54, 1.807) is 54.6 Å². The number of carboxylic acids is 1. The summed E-state index contributed by atoms with van der Waals surface area (Å²) in [5.74, 6) is -5.71. The molecule has 14 heteroatoms. The Hall–Kier alpha value is -6.31. The van der Waals surface area contributed by atoms with Gasteiger partial charge in [0.05, 0.1) is 17.5 Å². The van der Waals surface area contributed by atoms with Crippen LogP contribution in [0, 0.1) is 5.92 Å². The average molecular weight is 799 g/mol. The smallest absolute Gasteiger partial charge is 0.416 e. The lowest BCUT2D eigenvalue weighted by Gasteiger charge is -2.26. The van der Waals surface area contributed by atoms with Crippen molar-refractivity contribution in [2.24, 2.45) is 5.92 Å². The van der Waals surface area contributed by atoms with E-state index in [4.69, 9.17) is 0 Å². The van der Waals surface area contributed by atoms with Gasteiger partial charge in [0, 0.05) is 31.4 Å². The molecule has 0 aliphatic carbocycles. The molecule has 5 N–H and O–H groups in total. The number of hydrogen-bond donors (Lipinski definition) is 5. The molecule has 0 unspecified atom stereocenters. The van der Waals surface area contributed by atoms with E-state index in [-0.39, 0.29) is 44.1 Å². The molecule has 304 valence electrons. The molecule has 4 aromatic carbocycles. The molecule has 0 aromatic heterocycles. The quantitative estimate of drug-likeness (QED) is 0.137. The van der Waals surface area contributed by atoms with Crippen LogP contribution in [0.1, 0.15) is 59.9 Å². The topological polar surface area (TPSA) is 171 Å². The van der Waals surface area contributed by atoms with Crippen LogP contribution in [0.25, 0.3) is 0 Å². The zero-order chi connectivity index (χ0) is 41.7. The normalized spacial score (nSPS) is 20.2. The van der Waals surface area contributed by atoms with Gasteiger partial charge in [0.15, 0.2) is 5.78 Å². The monoisotopic (exact) mass is 798 g/mol. The molecule has 2 heterocycles. The summed E-state index contributed by atoms with van der Waals surface area (Å²) < 4.78 is 40.2. The van der Waals surface area contributed by atoms with E-state index in [9.17, 15) is 47.0 Å². The van der Waals surface area contributed by atoms with Crippen LogP contribution in [-0.2, 0) is 60.6 Å². The number of Topliss-reactive ketones (excluding diaryl/α,β-unsaturated/α-hetero) is 1. The Balaban J connectivity index is 1.49. The van der Waals surface area contributed by atoms with E-state index in [0.29, 0.717) is 29.7 Å². The van der Waals surface area contributed by atoms with E-state index >= 15 is 0 Å². The number of nitrogens with one attached hydrogen (secondary N) is 4. The molecule has 4 atom stereocenters. The summed E-state index contributed by atoms with van der Waals surface area (Å²) in [6.45, 7) is 0. The molecule has 2 aliphatic rings. The predicted molar refractivity (Wildman–Crippen MR) is 209 cm³/mol. The number of carbonyl (C=O) groups is 6. The number of ketones is 1. The number of rotatable bonds is 9. The minimum absolute atomic E-state index is 0.0226. The van der Waals surface area contributed by atoms with Crippen molar-refractivity contribution in [3.05, 3.63) is 137 Å². The van der Waals surface area contributed by atoms with Crippen LogP contribution < -0.4 is 21.3 Å². The average Bonchev–Trinajstić information content (AvgIpc) is 3.19. The number of amides is 4. The van der Waals surface area contributed by atoms with Crippen LogP contribution in [0.15, 0.2) is 109 Å². The molecule has 0 spiro atoms. The van der Waals surface area contributed by atoms with Gasteiger partial charge in [0.2, 0.25) is 23.6 Å². The highest BCUT2D eigenvalue weighted by Crippen LogP contribution is 2.29. The molecule has 4 aromatic rings. The van der Waals surface area contributed by atoms with Gasteiger partial charge in [0.25, 0.3) is 0 Å². The van der Waals surface area contributed by atoms with E-state index < -0.39 is 77.6 Å². The van der Waals surface area contributed by atoms with Crippen molar-refractivity contribution in [2.75, 3.05) is 5.32 Å². The molecule has 6 rings (SSSR count). The van der Waals surface area contributed by atoms with Gasteiger partial charge in [0.1, 0.15) is 12.1 Å². The van der Waals surface area contributed by atoms with E-state index in [1.807, 2.05) is 30.3 Å². The first-order valence-electron chi connectivity index (χ1n) is 19.0. The largest absolute Gasteiger partial charge is 0.481 e. The summed E-state index contributed by atoms with van der Waals surface area (Å²) in [6, 6.07) is 24.7. The molecule has 0 saturated carbocycles. The van der Waals surface area contributed by atoms with Crippen molar-refractivity contribution in [1.29, 1.82) is 0 Å². The van der Waals surface area contributed by atoms with Gasteiger partial charge >= 0.3 is 12.1 Å². The zero-order valence-corrected chi connectivity index (χ0v) is 31.6. The number of fused-ring (bicyclic) bond motifs is 18. The van der Waals surface area contributed by atoms with Crippen molar-refractivity contribution >= 4 is 41.1 Å². The van der Waals surface area contributed by atoms with Crippen LogP contribution in [0.4, 0.5) is 18.9 Å².